The normalized spacial score (nSPS) is 43.8. The predicted octanol–water partition coefficient (Wildman–Crippen LogP) is 0.936. The molecule has 1 N–H and O–H groups in total. The maximum absolute atomic E-state index is 9.67. The quantitative estimate of drug-likeness (QED) is 0.590. The Balaban J connectivity index is 1.95. The third kappa shape index (κ3) is 0.956. The van der Waals surface area contributed by atoms with Crippen molar-refractivity contribution in [2.75, 3.05) is 6.61 Å². The molecule has 2 unspecified atom stereocenters. The third-order valence-corrected chi connectivity index (χ3v) is 2.72. The summed E-state index contributed by atoms with van der Waals surface area (Å²) >= 11 is 0. The second kappa shape index (κ2) is 1.95. The van der Waals surface area contributed by atoms with E-state index in [1.54, 1.807) is 0 Å². The first-order valence-corrected chi connectivity index (χ1v) is 4.05. The summed E-state index contributed by atoms with van der Waals surface area (Å²) in [6.07, 6.45) is 3.41. The average molecular weight is 142 g/mol. The van der Waals surface area contributed by atoms with Gasteiger partial charge in [0.25, 0.3) is 0 Å². The van der Waals surface area contributed by atoms with Gasteiger partial charge in [-0.05, 0) is 26.2 Å². The van der Waals surface area contributed by atoms with Gasteiger partial charge in [0.15, 0.2) is 0 Å². The largest absolute Gasteiger partial charge is 0.390 e. The Labute approximate surface area is 61.2 Å². The molecule has 1 saturated carbocycles. The van der Waals surface area contributed by atoms with Crippen LogP contribution in [0.5, 0.6) is 0 Å². The van der Waals surface area contributed by atoms with Crippen LogP contribution in [-0.2, 0) is 4.74 Å². The van der Waals surface area contributed by atoms with E-state index in [1.807, 2.05) is 0 Å². The highest BCUT2D eigenvalue weighted by molar-refractivity contribution is 5.01. The van der Waals surface area contributed by atoms with Crippen molar-refractivity contribution in [3.05, 3.63) is 0 Å². The van der Waals surface area contributed by atoms with Crippen LogP contribution in [0.15, 0.2) is 0 Å². The van der Waals surface area contributed by atoms with Crippen molar-refractivity contribution in [2.24, 2.45) is 5.92 Å². The molecule has 1 heterocycles. The first-order chi connectivity index (χ1) is 4.71. The van der Waals surface area contributed by atoms with Crippen LogP contribution >= 0.6 is 0 Å². The zero-order valence-corrected chi connectivity index (χ0v) is 6.34. The van der Waals surface area contributed by atoms with Crippen LogP contribution < -0.4 is 0 Å². The topological polar surface area (TPSA) is 29.5 Å². The van der Waals surface area contributed by atoms with Crippen molar-refractivity contribution in [3.8, 4) is 0 Å². The fourth-order valence-electron chi connectivity index (χ4n) is 1.73. The van der Waals surface area contributed by atoms with Crippen LogP contribution in [-0.4, -0.2) is 23.4 Å². The van der Waals surface area contributed by atoms with E-state index in [1.165, 1.54) is 0 Å². The lowest BCUT2D eigenvalue weighted by Gasteiger charge is -2.13. The minimum absolute atomic E-state index is 0.315. The summed E-state index contributed by atoms with van der Waals surface area (Å²) in [5.41, 5.74) is -0.315. The van der Waals surface area contributed by atoms with E-state index in [4.69, 9.17) is 4.74 Å². The van der Waals surface area contributed by atoms with Crippen LogP contribution in [0, 0.1) is 5.92 Å². The molecule has 0 amide bonds. The molecule has 58 valence electrons. The molecule has 0 bridgehead atoms. The van der Waals surface area contributed by atoms with E-state index >= 15 is 0 Å². The molecule has 2 aliphatic rings. The summed E-state index contributed by atoms with van der Waals surface area (Å²) < 4.78 is 5.37. The predicted molar refractivity (Wildman–Crippen MR) is 37.7 cm³/mol. The van der Waals surface area contributed by atoms with Crippen LogP contribution in [0.1, 0.15) is 26.2 Å². The number of hydrogen-bond donors (Lipinski definition) is 1. The van der Waals surface area contributed by atoms with E-state index in [0.717, 1.165) is 25.9 Å². The Morgan fingerprint density at radius 1 is 1.50 bits per heavy atom. The van der Waals surface area contributed by atoms with Gasteiger partial charge in [-0.15, -0.1) is 0 Å². The summed E-state index contributed by atoms with van der Waals surface area (Å²) in [5, 5.41) is 9.67. The van der Waals surface area contributed by atoms with E-state index in [2.05, 4.69) is 6.92 Å². The fourth-order valence-corrected chi connectivity index (χ4v) is 1.73. The van der Waals surface area contributed by atoms with Gasteiger partial charge in [0.1, 0.15) is 0 Å². The monoisotopic (exact) mass is 142 g/mol. The van der Waals surface area contributed by atoms with Crippen molar-refractivity contribution in [3.63, 3.8) is 0 Å². The third-order valence-electron chi connectivity index (χ3n) is 2.72. The van der Waals surface area contributed by atoms with E-state index in [-0.39, 0.29) is 5.60 Å². The van der Waals surface area contributed by atoms with Gasteiger partial charge in [-0.3, -0.25) is 0 Å². The molecule has 2 nitrogen and oxygen atoms in total. The van der Waals surface area contributed by atoms with Gasteiger partial charge < -0.3 is 9.84 Å². The molecule has 0 aromatic carbocycles. The first kappa shape index (κ1) is 6.62. The SMILES string of the molecule is CC1CC(C2(O)CC2)CO1. The van der Waals surface area contributed by atoms with Gasteiger partial charge in [-0.2, -0.15) is 0 Å². The van der Waals surface area contributed by atoms with Gasteiger partial charge in [0.2, 0.25) is 0 Å². The molecule has 2 heteroatoms. The van der Waals surface area contributed by atoms with Crippen LogP contribution in [0.3, 0.4) is 0 Å². The second-order valence-electron chi connectivity index (χ2n) is 3.68. The van der Waals surface area contributed by atoms with E-state index in [9.17, 15) is 5.11 Å². The molecule has 1 aliphatic heterocycles. The second-order valence-corrected chi connectivity index (χ2v) is 3.68. The van der Waals surface area contributed by atoms with Crippen LogP contribution in [0.2, 0.25) is 0 Å². The summed E-state index contributed by atoms with van der Waals surface area (Å²) in [5.74, 6) is 0.433. The lowest BCUT2D eigenvalue weighted by atomic mass is 9.98. The molecule has 10 heavy (non-hydrogen) atoms. The molecule has 2 fully saturated rings. The summed E-state index contributed by atoms with van der Waals surface area (Å²) in [7, 11) is 0. The maximum atomic E-state index is 9.67. The summed E-state index contributed by atoms with van der Waals surface area (Å²) in [6, 6.07) is 0. The van der Waals surface area contributed by atoms with E-state index < -0.39 is 0 Å². The molecule has 1 aliphatic carbocycles. The van der Waals surface area contributed by atoms with Crippen LogP contribution in [0.25, 0.3) is 0 Å². The minimum Gasteiger partial charge on any atom is -0.390 e. The molecule has 0 aromatic heterocycles. The standard InChI is InChI=1S/C8H14O2/c1-6-4-7(5-10-6)8(9)2-3-8/h6-7,9H,2-5H2,1H3. The van der Waals surface area contributed by atoms with Crippen molar-refractivity contribution in [1.82, 2.24) is 0 Å². The highest BCUT2D eigenvalue weighted by Gasteiger charge is 2.49. The molecule has 0 radical (unpaired) electrons. The lowest BCUT2D eigenvalue weighted by Crippen LogP contribution is -2.21. The van der Waals surface area contributed by atoms with Crippen molar-refractivity contribution < 1.29 is 9.84 Å². The molecule has 2 atom stereocenters. The number of aliphatic hydroxyl groups is 1. The fraction of sp³-hybridized carbons (Fsp3) is 1.00. The number of ether oxygens (including phenoxy) is 1. The van der Waals surface area contributed by atoms with Crippen molar-refractivity contribution in [2.45, 2.75) is 37.9 Å². The number of rotatable bonds is 1. The molecule has 0 aromatic rings. The highest BCUT2D eigenvalue weighted by atomic mass is 16.5. The Bertz CT molecular complexity index is 140. The molecule has 0 spiro atoms. The Morgan fingerprint density at radius 3 is 2.60 bits per heavy atom. The maximum Gasteiger partial charge on any atom is 0.0700 e. The zero-order valence-electron chi connectivity index (χ0n) is 6.34. The van der Waals surface area contributed by atoms with Crippen molar-refractivity contribution in [1.29, 1.82) is 0 Å². The van der Waals surface area contributed by atoms with Gasteiger partial charge >= 0.3 is 0 Å². The molecular formula is C8H14O2. The molecular weight excluding hydrogens is 128 g/mol. The Kier molecular flexibility index (Phi) is 1.29. The van der Waals surface area contributed by atoms with Gasteiger partial charge in [-0.25, -0.2) is 0 Å². The lowest BCUT2D eigenvalue weighted by molar-refractivity contribution is 0.0638. The summed E-state index contributed by atoms with van der Waals surface area (Å²) in [6.45, 7) is 2.85. The zero-order chi connectivity index (χ0) is 7.19. The Hall–Kier alpha value is -0.0800. The van der Waals surface area contributed by atoms with Gasteiger partial charge in [-0.1, -0.05) is 0 Å². The molecule has 2 rings (SSSR count). The van der Waals surface area contributed by atoms with Gasteiger partial charge in [0.05, 0.1) is 18.3 Å². The molecule has 1 saturated heterocycles. The van der Waals surface area contributed by atoms with Gasteiger partial charge in [0, 0.05) is 5.92 Å². The van der Waals surface area contributed by atoms with Crippen LogP contribution in [0.4, 0.5) is 0 Å². The summed E-state index contributed by atoms with van der Waals surface area (Å²) in [4.78, 5) is 0. The number of hydrogen-bond acceptors (Lipinski definition) is 2. The van der Waals surface area contributed by atoms with Crippen molar-refractivity contribution >= 4 is 0 Å². The smallest absolute Gasteiger partial charge is 0.0700 e. The Morgan fingerprint density at radius 2 is 2.20 bits per heavy atom. The van der Waals surface area contributed by atoms with E-state index in [0.29, 0.717) is 12.0 Å². The minimum atomic E-state index is -0.315. The average Bonchev–Trinajstić information content (AvgIpc) is 2.45. The highest BCUT2D eigenvalue weighted by Crippen LogP contribution is 2.46. The first-order valence-electron chi connectivity index (χ1n) is 4.05.